The Bertz CT molecular complexity index is 914. The maximum Gasteiger partial charge on any atom is 0.573 e. The maximum atomic E-state index is 12.7. The number of nitrogens with one attached hydrogen (secondary N) is 2. The second kappa shape index (κ2) is 9.25. The molecule has 3 rings (SSSR count). The lowest BCUT2D eigenvalue weighted by Gasteiger charge is -2.18. The van der Waals surface area contributed by atoms with Crippen molar-refractivity contribution in [3.63, 3.8) is 0 Å². The molecule has 1 aliphatic heterocycles. The summed E-state index contributed by atoms with van der Waals surface area (Å²) in [6.07, 6.45) is -2.87. The summed E-state index contributed by atoms with van der Waals surface area (Å²) in [5.74, 6) is -0.964. The maximum absolute atomic E-state index is 12.7. The Hall–Kier alpha value is -2.94. The average molecular weight is 442 g/mol. The van der Waals surface area contributed by atoms with E-state index in [1.54, 1.807) is 23.1 Å². The lowest BCUT2D eigenvalue weighted by atomic mass is 10.1. The molecule has 0 aliphatic carbocycles. The van der Waals surface area contributed by atoms with Gasteiger partial charge in [-0.15, -0.1) is 13.2 Å². The second-order valence-electron chi connectivity index (χ2n) is 6.66. The van der Waals surface area contributed by atoms with Crippen LogP contribution in [0.2, 0.25) is 5.02 Å². The number of rotatable bonds is 6. The highest BCUT2D eigenvalue weighted by atomic mass is 35.5. The number of carbonyl (C=O) groups is 2. The molecule has 1 saturated heterocycles. The number of alkyl halides is 3. The van der Waals surface area contributed by atoms with Crippen molar-refractivity contribution >= 4 is 34.8 Å². The molecule has 0 aromatic heterocycles. The first-order valence-corrected chi connectivity index (χ1v) is 9.57. The van der Waals surface area contributed by atoms with Gasteiger partial charge in [0.25, 0.3) is 5.91 Å². The van der Waals surface area contributed by atoms with E-state index < -0.39 is 12.3 Å². The third kappa shape index (κ3) is 6.03. The molecule has 2 N–H and O–H groups in total. The molecule has 6 nitrogen and oxygen atoms in total. The summed E-state index contributed by atoms with van der Waals surface area (Å²) in [6.45, 7) is 1.21. The van der Waals surface area contributed by atoms with Crippen LogP contribution in [0.15, 0.2) is 42.5 Å². The number of halogens is 4. The fourth-order valence-electron chi connectivity index (χ4n) is 3.06. The summed E-state index contributed by atoms with van der Waals surface area (Å²) in [4.78, 5) is 26.7. The van der Waals surface area contributed by atoms with Crippen molar-refractivity contribution in [3.05, 3.63) is 53.1 Å². The van der Waals surface area contributed by atoms with Gasteiger partial charge in [-0.3, -0.25) is 9.59 Å². The summed E-state index contributed by atoms with van der Waals surface area (Å²) >= 11 is 6.03. The number of nitrogens with zero attached hydrogens (tertiary/aromatic N) is 1. The zero-order chi connectivity index (χ0) is 21.7. The van der Waals surface area contributed by atoms with E-state index in [4.69, 9.17) is 11.6 Å². The van der Waals surface area contributed by atoms with Gasteiger partial charge in [0.15, 0.2) is 0 Å². The normalized spacial score (nSPS) is 13.8. The lowest BCUT2D eigenvalue weighted by Crippen LogP contribution is -2.29. The molecular weight excluding hydrogens is 423 g/mol. The van der Waals surface area contributed by atoms with Crippen LogP contribution in [0.4, 0.5) is 24.5 Å². The van der Waals surface area contributed by atoms with Crippen LogP contribution in [0.25, 0.3) is 0 Å². The molecule has 0 atom stereocenters. The van der Waals surface area contributed by atoms with Gasteiger partial charge >= 0.3 is 6.36 Å². The molecule has 10 heteroatoms. The van der Waals surface area contributed by atoms with E-state index >= 15 is 0 Å². The smallest absolute Gasteiger partial charge is 0.406 e. The minimum absolute atomic E-state index is 0.132. The first kappa shape index (κ1) is 21.8. The molecule has 160 valence electrons. The number of hydrogen-bond acceptors (Lipinski definition) is 4. The van der Waals surface area contributed by atoms with E-state index in [-0.39, 0.29) is 18.2 Å². The van der Waals surface area contributed by atoms with Crippen molar-refractivity contribution in [1.82, 2.24) is 4.90 Å². The quantitative estimate of drug-likeness (QED) is 0.691. The minimum Gasteiger partial charge on any atom is -0.406 e. The van der Waals surface area contributed by atoms with Gasteiger partial charge in [0.2, 0.25) is 5.91 Å². The Labute approximate surface area is 175 Å². The summed E-state index contributed by atoms with van der Waals surface area (Å²) in [6, 6.07) is 9.58. The number of amides is 2. The van der Waals surface area contributed by atoms with Crippen LogP contribution in [-0.2, 0) is 4.79 Å². The molecule has 2 amide bonds. The van der Waals surface area contributed by atoms with Gasteiger partial charge in [-0.05, 0) is 55.3 Å². The van der Waals surface area contributed by atoms with Gasteiger partial charge < -0.3 is 20.3 Å². The largest absolute Gasteiger partial charge is 0.573 e. The summed E-state index contributed by atoms with van der Waals surface area (Å²) < 4.78 is 40.4. The molecule has 2 aromatic carbocycles. The number of likely N-dealkylation sites (tertiary alicyclic amines) is 1. The second-order valence-corrected chi connectivity index (χ2v) is 7.10. The van der Waals surface area contributed by atoms with Gasteiger partial charge in [0.1, 0.15) is 5.75 Å². The van der Waals surface area contributed by atoms with E-state index in [9.17, 15) is 22.8 Å². The van der Waals surface area contributed by atoms with Crippen LogP contribution in [-0.4, -0.2) is 42.7 Å². The number of ether oxygens (including phenoxy) is 1. The topological polar surface area (TPSA) is 70.7 Å². The third-order valence-electron chi connectivity index (χ3n) is 4.42. The van der Waals surface area contributed by atoms with Gasteiger partial charge in [0, 0.05) is 29.5 Å². The van der Waals surface area contributed by atoms with Crippen LogP contribution in [0.3, 0.4) is 0 Å². The zero-order valence-corrected chi connectivity index (χ0v) is 16.5. The van der Waals surface area contributed by atoms with Crippen LogP contribution in [0.1, 0.15) is 23.2 Å². The first-order chi connectivity index (χ1) is 14.2. The fourth-order valence-corrected chi connectivity index (χ4v) is 3.23. The Morgan fingerprint density at radius 3 is 2.37 bits per heavy atom. The van der Waals surface area contributed by atoms with Crippen LogP contribution < -0.4 is 15.4 Å². The molecule has 0 bridgehead atoms. The highest BCUT2D eigenvalue weighted by Crippen LogP contribution is 2.25. The highest BCUT2D eigenvalue weighted by molar-refractivity contribution is 6.31. The third-order valence-corrected chi connectivity index (χ3v) is 4.65. The van der Waals surface area contributed by atoms with E-state index in [0.717, 1.165) is 25.0 Å². The van der Waals surface area contributed by atoms with E-state index in [1.165, 1.54) is 12.1 Å². The number of carbonyl (C=O) groups excluding carboxylic acids is 2. The fraction of sp³-hybridized carbons (Fsp3) is 0.300. The van der Waals surface area contributed by atoms with Crippen LogP contribution in [0.5, 0.6) is 5.75 Å². The first-order valence-electron chi connectivity index (χ1n) is 9.19. The SMILES string of the molecule is O=C(CNc1cc(Cl)ccc1C(=O)N1CCCC1)Nc1ccc(OC(F)(F)F)cc1. The number of hydrogen-bond donors (Lipinski definition) is 2. The predicted octanol–water partition coefficient (Wildman–Crippen LogP) is 4.53. The van der Waals surface area contributed by atoms with E-state index in [0.29, 0.717) is 35.1 Å². The minimum atomic E-state index is -4.78. The Morgan fingerprint density at radius 1 is 1.07 bits per heavy atom. The molecule has 30 heavy (non-hydrogen) atoms. The van der Waals surface area contributed by atoms with Crippen molar-refractivity contribution in [2.75, 3.05) is 30.3 Å². The Kier molecular flexibility index (Phi) is 6.71. The van der Waals surface area contributed by atoms with Crippen LogP contribution in [0, 0.1) is 0 Å². The summed E-state index contributed by atoms with van der Waals surface area (Å²) in [5.41, 5.74) is 1.15. The van der Waals surface area contributed by atoms with Crippen molar-refractivity contribution in [2.24, 2.45) is 0 Å². The van der Waals surface area contributed by atoms with Crippen molar-refractivity contribution in [3.8, 4) is 5.75 Å². The van der Waals surface area contributed by atoms with Crippen molar-refractivity contribution in [1.29, 1.82) is 0 Å². The van der Waals surface area contributed by atoms with Crippen molar-refractivity contribution in [2.45, 2.75) is 19.2 Å². The zero-order valence-electron chi connectivity index (χ0n) is 15.8. The summed E-state index contributed by atoms with van der Waals surface area (Å²) in [7, 11) is 0. The molecule has 0 radical (unpaired) electrons. The molecule has 0 saturated carbocycles. The van der Waals surface area contributed by atoms with Crippen LogP contribution >= 0.6 is 11.6 Å². The Balaban J connectivity index is 1.60. The standard InChI is InChI=1S/C20H19ClF3N3O3/c21-13-3-8-16(19(29)27-9-1-2-10-27)17(11-13)25-12-18(28)26-14-4-6-15(7-5-14)30-20(22,23)24/h3-8,11,25H,1-2,9-10,12H2,(H,26,28). The Morgan fingerprint density at radius 2 is 1.73 bits per heavy atom. The molecule has 0 spiro atoms. The monoisotopic (exact) mass is 441 g/mol. The van der Waals surface area contributed by atoms with Crippen molar-refractivity contribution < 1.29 is 27.5 Å². The number of anilines is 2. The molecular formula is C20H19ClF3N3O3. The number of benzene rings is 2. The highest BCUT2D eigenvalue weighted by Gasteiger charge is 2.31. The predicted molar refractivity (Wildman–Crippen MR) is 107 cm³/mol. The van der Waals surface area contributed by atoms with Gasteiger partial charge in [-0.25, -0.2) is 0 Å². The molecule has 1 heterocycles. The van der Waals surface area contributed by atoms with Gasteiger partial charge in [-0.1, -0.05) is 11.6 Å². The lowest BCUT2D eigenvalue weighted by molar-refractivity contribution is -0.274. The molecule has 1 aliphatic rings. The summed E-state index contributed by atoms with van der Waals surface area (Å²) in [5, 5.41) is 5.87. The molecule has 0 unspecified atom stereocenters. The molecule has 1 fully saturated rings. The van der Waals surface area contributed by atoms with E-state index in [2.05, 4.69) is 15.4 Å². The van der Waals surface area contributed by atoms with Gasteiger partial charge in [-0.2, -0.15) is 0 Å². The van der Waals surface area contributed by atoms with E-state index in [1.807, 2.05) is 0 Å². The average Bonchev–Trinajstić information content (AvgIpc) is 3.21. The molecule has 2 aromatic rings. The van der Waals surface area contributed by atoms with Gasteiger partial charge in [0.05, 0.1) is 12.1 Å².